The van der Waals surface area contributed by atoms with Crippen LogP contribution in [-0.4, -0.2) is 11.6 Å². The fourth-order valence-corrected chi connectivity index (χ4v) is 1.44. The molecule has 0 amide bonds. The van der Waals surface area contributed by atoms with Crippen LogP contribution in [-0.2, 0) is 14.4 Å². The summed E-state index contributed by atoms with van der Waals surface area (Å²) in [5.41, 5.74) is 0.854. The van der Waals surface area contributed by atoms with E-state index >= 15 is 0 Å². The molecule has 0 heterocycles. The van der Waals surface area contributed by atoms with Gasteiger partial charge in [-0.2, -0.15) is 0 Å². The van der Waals surface area contributed by atoms with Gasteiger partial charge in [-0.05, 0) is 0 Å². The Morgan fingerprint density at radius 1 is 0.789 bits per heavy atom. The van der Waals surface area contributed by atoms with Crippen LogP contribution < -0.4 is 0 Å². The van der Waals surface area contributed by atoms with Crippen molar-refractivity contribution in [2.45, 2.75) is 0 Å². The van der Waals surface area contributed by atoms with Crippen molar-refractivity contribution in [2.75, 3.05) is 0 Å². The summed E-state index contributed by atoms with van der Waals surface area (Å²) in [5.74, 6) is -0.932. The van der Waals surface area contributed by atoms with Gasteiger partial charge in [0, 0.05) is 11.1 Å². The normalized spacial score (nSPS) is 9.21. The molecule has 0 saturated carbocycles. The molecular formula is C14H11NiO2S2. The first-order chi connectivity index (χ1) is 9.20. The number of Topliss-reactive ketones (excluding diaryl/α,β-unsaturated/α-hetero) is 2. The second-order valence-electron chi connectivity index (χ2n) is 3.45. The molecule has 0 radical (unpaired) electrons. The number of ketones is 2. The van der Waals surface area contributed by atoms with Gasteiger partial charge >= 0.3 is 35.3 Å². The molecule has 0 spiro atoms. The van der Waals surface area contributed by atoms with Crippen molar-refractivity contribution in [1.82, 2.24) is 0 Å². The standard InChI is InChI=1S/C14H10O2.Ni.H2S2/c15-13(11-7-3-1-4-8-11)14(16)12-9-5-2-6-10-12;;1-2/h1-10H;;1-2H/q;+1;/p-1. The Bertz CT molecular complexity index is 480. The van der Waals surface area contributed by atoms with Gasteiger partial charge in [0.1, 0.15) is 0 Å². The van der Waals surface area contributed by atoms with E-state index in [0.717, 1.165) is 9.31 Å². The third-order valence-corrected chi connectivity index (χ3v) is 2.28. The van der Waals surface area contributed by atoms with Crippen molar-refractivity contribution in [1.29, 1.82) is 0 Å². The number of rotatable bonds is 3. The van der Waals surface area contributed by atoms with Gasteiger partial charge in [-0.3, -0.25) is 9.59 Å². The first kappa shape index (κ1) is 16.0. The molecule has 0 saturated heterocycles. The van der Waals surface area contributed by atoms with E-state index in [2.05, 4.69) is 26.0 Å². The van der Waals surface area contributed by atoms with Crippen LogP contribution in [0.15, 0.2) is 60.7 Å². The van der Waals surface area contributed by atoms with Crippen LogP contribution in [0.3, 0.4) is 0 Å². The van der Waals surface area contributed by atoms with E-state index in [-0.39, 0.29) is 0 Å². The van der Waals surface area contributed by atoms with E-state index in [1.165, 1.54) is 0 Å². The van der Waals surface area contributed by atoms with Gasteiger partial charge in [-0.15, -0.1) is 0 Å². The van der Waals surface area contributed by atoms with Gasteiger partial charge in [0.2, 0.25) is 11.6 Å². The number of benzene rings is 2. The molecule has 0 unspecified atom stereocenters. The third-order valence-electron chi connectivity index (χ3n) is 2.28. The Balaban J connectivity index is 0.000000550. The summed E-state index contributed by atoms with van der Waals surface area (Å²) in [6, 6.07) is 17.2. The summed E-state index contributed by atoms with van der Waals surface area (Å²) in [7, 11) is 1.07. The van der Waals surface area contributed by atoms with Crippen molar-refractivity contribution < 1.29 is 24.0 Å². The van der Waals surface area contributed by atoms with Gasteiger partial charge in [-0.25, -0.2) is 0 Å². The molecule has 0 fully saturated rings. The van der Waals surface area contributed by atoms with Gasteiger partial charge in [0.15, 0.2) is 0 Å². The maximum absolute atomic E-state index is 11.8. The van der Waals surface area contributed by atoms with E-state index in [1.54, 1.807) is 48.5 Å². The molecule has 2 aromatic rings. The molecule has 0 N–H and O–H groups in total. The van der Waals surface area contributed by atoms with Crippen LogP contribution in [0.2, 0.25) is 0 Å². The molecule has 0 aliphatic rings. The first-order valence-corrected chi connectivity index (χ1v) is 8.22. The molecule has 2 rings (SSSR count). The average molecular weight is 334 g/mol. The fraction of sp³-hybridized carbons (Fsp3) is 0. The van der Waals surface area contributed by atoms with Crippen molar-refractivity contribution >= 4 is 32.5 Å². The van der Waals surface area contributed by atoms with Crippen molar-refractivity contribution in [3.8, 4) is 0 Å². The van der Waals surface area contributed by atoms with Gasteiger partial charge in [0.05, 0.1) is 0 Å². The SMILES string of the molecule is O=C(C(=O)c1ccccc1)c1ccccc1.S[S][Ni]. The number of carbonyl (C=O) groups excluding carboxylic acids is 2. The number of hydrogen-bond acceptors (Lipinski definition) is 4. The van der Waals surface area contributed by atoms with E-state index in [0.29, 0.717) is 11.1 Å². The Kier molecular flexibility index (Phi) is 7.57. The summed E-state index contributed by atoms with van der Waals surface area (Å²) < 4.78 is 0. The molecule has 0 atom stereocenters. The predicted octanol–water partition coefficient (Wildman–Crippen LogP) is 3.78. The summed E-state index contributed by atoms with van der Waals surface area (Å²) in [5, 5.41) is 0. The quantitative estimate of drug-likeness (QED) is 0.305. The summed E-state index contributed by atoms with van der Waals surface area (Å²) >= 11 is 7.49. The van der Waals surface area contributed by atoms with Crippen LogP contribution in [0.4, 0.5) is 0 Å². The zero-order valence-corrected chi connectivity index (χ0v) is 12.5. The molecule has 5 heteroatoms. The summed E-state index contributed by atoms with van der Waals surface area (Å²) in [4.78, 5) is 23.6. The van der Waals surface area contributed by atoms with E-state index in [4.69, 9.17) is 0 Å². The van der Waals surface area contributed by atoms with E-state index in [1.807, 2.05) is 12.1 Å². The Morgan fingerprint density at radius 2 is 1.05 bits per heavy atom. The van der Waals surface area contributed by atoms with Crippen LogP contribution >= 0.6 is 21.0 Å². The third kappa shape index (κ3) is 5.23. The molecule has 0 bridgehead atoms. The first-order valence-electron chi connectivity index (χ1n) is 5.29. The molecule has 19 heavy (non-hydrogen) atoms. The van der Waals surface area contributed by atoms with E-state index in [9.17, 15) is 9.59 Å². The molecule has 0 aromatic heterocycles. The van der Waals surface area contributed by atoms with Crippen molar-refractivity contribution in [3.05, 3.63) is 71.8 Å². The minimum atomic E-state index is -0.466. The van der Waals surface area contributed by atoms with Crippen molar-refractivity contribution in [3.63, 3.8) is 0 Å². The zero-order valence-electron chi connectivity index (χ0n) is 9.76. The molecule has 2 nitrogen and oxygen atoms in total. The van der Waals surface area contributed by atoms with Crippen molar-refractivity contribution in [2.24, 2.45) is 0 Å². The number of thiol groups is 1. The predicted molar refractivity (Wildman–Crippen MR) is 78.1 cm³/mol. The van der Waals surface area contributed by atoms with Crippen LogP contribution in [0, 0.1) is 0 Å². The molecule has 0 aliphatic carbocycles. The minimum absolute atomic E-state index is 0.427. The molecule has 2 aromatic carbocycles. The van der Waals surface area contributed by atoms with Gasteiger partial charge in [-0.1, -0.05) is 60.7 Å². The van der Waals surface area contributed by atoms with Gasteiger partial charge in [0.25, 0.3) is 0 Å². The van der Waals surface area contributed by atoms with E-state index < -0.39 is 11.6 Å². The van der Waals surface area contributed by atoms with Crippen LogP contribution in [0.1, 0.15) is 20.7 Å². The second-order valence-corrected chi connectivity index (χ2v) is 5.53. The number of carbonyl (C=O) groups is 2. The summed E-state index contributed by atoms with van der Waals surface area (Å²) in [6.07, 6.45) is 0. The number of hydrogen-bond donors (Lipinski definition) is 1. The van der Waals surface area contributed by atoms with Crippen LogP contribution in [0.5, 0.6) is 0 Å². The Labute approximate surface area is 128 Å². The monoisotopic (exact) mass is 333 g/mol. The summed E-state index contributed by atoms with van der Waals surface area (Å²) in [6.45, 7) is 0. The molecule has 0 aliphatic heterocycles. The second kappa shape index (κ2) is 8.97. The molecular weight excluding hydrogens is 323 g/mol. The fourth-order valence-electron chi connectivity index (χ4n) is 1.44. The maximum atomic E-state index is 11.8. The molecule has 101 valence electrons. The topological polar surface area (TPSA) is 34.1 Å². The Morgan fingerprint density at radius 3 is 1.32 bits per heavy atom. The van der Waals surface area contributed by atoms with Crippen LogP contribution in [0.25, 0.3) is 0 Å². The zero-order chi connectivity index (χ0) is 14.1. The van der Waals surface area contributed by atoms with Gasteiger partial charge < -0.3 is 0 Å². The Hall–Kier alpha value is -1.03. The average Bonchev–Trinajstić information content (AvgIpc) is 2.48.